The molecule has 1 aromatic carbocycles. The van der Waals surface area contributed by atoms with Crippen LogP contribution in [0.4, 0.5) is 31.1 Å². The van der Waals surface area contributed by atoms with Gasteiger partial charge in [-0.05, 0) is 31.5 Å². The minimum atomic E-state index is -4.44. The number of fused-ring (bicyclic) bond motifs is 1. The lowest BCUT2D eigenvalue weighted by Crippen LogP contribution is -2.40. The van der Waals surface area contributed by atoms with Crippen LogP contribution in [-0.2, 0) is 17.8 Å². The summed E-state index contributed by atoms with van der Waals surface area (Å²) in [7, 11) is 1.04. The van der Waals surface area contributed by atoms with Crippen molar-refractivity contribution in [2.24, 2.45) is 5.73 Å². The lowest BCUT2D eigenvalue weighted by Gasteiger charge is -2.25. The van der Waals surface area contributed by atoms with Crippen molar-refractivity contribution in [1.29, 1.82) is 0 Å². The Morgan fingerprint density at radius 1 is 1.23 bits per heavy atom. The van der Waals surface area contributed by atoms with Gasteiger partial charge in [-0.1, -0.05) is 6.07 Å². The number of nitrogens with zero attached hydrogens (tertiary/aromatic N) is 2. The van der Waals surface area contributed by atoms with E-state index in [0.29, 0.717) is 5.82 Å². The lowest BCUT2D eigenvalue weighted by atomic mass is 10.1. The molecule has 2 amide bonds. The zero-order valence-corrected chi connectivity index (χ0v) is 17.0. The number of hydrogen-bond donors (Lipinski definition) is 3. The van der Waals surface area contributed by atoms with E-state index >= 15 is 0 Å². The standard InChI is InChI=1S/C13H14F3N5O.C5H9F3O/c14-13(15,16)10-6-21(12(22)20-10)5-7-1-2-8-9(3-7)19-11(4-17)18-8;1-4(2,9-3)5(6,7)8/h1-3,10H,4-6,17H2,(H,18,19)(H,20,22);1-3H3. The third-order valence-electron chi connectivity index (χ3n) is 4.74. The molecule has 1 aromatic heterocycles. The van der Waals surface area contributed by atoms with Gasteiger partial charge >= 0.3 is 18.4 Å². The molecule has 174 valence electrons. The minimum absolute atomic E-state index is 0.103. The molecule has 7 nitrogen and oxygen atoms in total. The number of ether oxygens (including phenoxy) is 1. The van der Waals surface area contributed by atoms with Gasteiger partial charge in [0.15, 0.2) is 5.60 Å². The molecule has 13 heteroatoms. The number of carbonyl (C=O) groups is 1. The van der Waals surface area contributed by atoms with Gasteiger partial charge in [0.05, 0.1) is 24.1 Å². The molecule has 2 heterocycles. The van der Waals surface area contributed by atoms with Crippen LogP contribution in [0.1, 0.15) is 25.2 Å². The molecule has 1 unspecified atom stereocenters. The summed E-state index contributed by atoms with van der Waals surface area (Å²) in [5.74, 6) is 0.628. The van der Waals surface area contributed by atoms with Gasteiger partial charge in [0.25, 0.3) is 0 Å². The summed E-state index contributed by atoms with van der Waals surface area (Å²) in [5.41, 5.74) is 5.66. The van der Waals surface area contributed by atoms with Gasteiger partial charge in [-0.3, -0.25) is 0 Å². The van der Waals surface area contributed by atoms with Gasteiger partial charge in [0, 0.05) is 13.7 Å². The number of rotatable bonds is 4. The summed E-state index contributed by atoms with van der Waals surface area (Å²) in [5, 5.41) is 1.94. The summed E-state index contributed by atoms with van der Waals surface area (Å²) in [4.78, 5) is 20.0. The highest BCUT2D eigenvalue weighted by atomic mass is 19.4. The van der Waals surface area contributed by atoms with Crippen molar-refractivity contribution in [1.82, 2.24) is 20.2 Å². The van der Waals surface area contributed by atoms with Gasteiger partial charge < -0.3 is 25.7 Å². The van der Waals surface area contributed by atoms with E-state index in [1.807, 2.05) is 5.32 Å². The Labute approximate surface area is 173 Å². The number of nitrogens with two attached hydrogens (primary N) is 1. The molecule has 3 rings (SSSR count). The number of aromatic amines is 1. The van der Waals surface area contributed by atoms with Crippen LogP contribution in [0.25, 0.3) is 11.0 Å². The maximum atomic E-state index is 12.6. The van der Waals surface area contributed by atoms with E-state index in [1.165, 1.54) is 0 Å². The van der Waals surface area contributed by atoms with E-state index in [2.05, 4.69) is 14.7 Å². The molecule has 2 aromatic rings. The van der Waals surface area contributed by atoms with Gasteiger partial charge in [-0.2, -0.15) is 26.3 Å². The predicted octanol–water partition coefficient (Wildman–Crippen LogP) is 3.45. The van der Waals surface area contributed by atoms with Crippen molar-refractivity contribution in [3.8, 4) is 0 Å². The van der Waals surface area contributed by atoms with Crippen LogP contribution in [0.3, 0.4) is 0 Å². The maximum absolute atomic E-state index is 12.6. The zero-order chi connectivity index (χ0) is 23.6. The molecule has 1 aliphatic heterocycles. The fraction of sp³-hybridized carbons (Fsp3) is 0.556. The Morgan fingerprint density at radius 2 is 1.87 bits per heavy atom. The Balaban J connectivity index is 0.000000323. The highest BCUT2D eigenvalue weighted by molar-refractivity contribution is 5.78. The van der Waals surface area contributed by atoms with Crippen molar-refractivity contribution in [2.45, 2.75) is 50.9 Å². The van der Waals surface area contributed by atoms with Crippen molar-refractivity contribution in [2.75, 3.05) is 13.7 Å². The highest BCUT2D eigenvalue weighted by Gasteiger charge is 2.48. The molecule has 1 saturated heterocycles. The number of methoxy groups -OCH3 is 1. The average Bonchev–Trinajstić information content (AvgIpc) is 3.24. The van der Waals surface area contributed by atoms with E-state index in [0.717, 1.165) is 42.5 Å². The zero-order valence-electron chi connectivity index (χ0n) is 17.0. The summed E-state index contributed by atoms with van der Waals surface area (Å²) >= 11 is 0. The Bertz CT molecular complexity index is 909. The number of hydrogen-bond acceptors (Lipinski definition) is 4. The predicted molar refractivity (Wildman–Crippen MR) is 99.9 cm³/mol. The van der Waals surface area contributed by atoms with Crippen LogP contribution >= 0.6 is 0 Å². The quantitative estimate of drug-likeness (QED) is 0.616. The number of H-pyrrole nitrogens is 1. The van der Waals surface area contributed by atoms with E-state index in [4.69, 9.17) is 5.73 Å². The molecule has 0 saturated carbocycles. The van der Waals surface area contributed by atoms with Gasteiger partial charge in [0.1, 0.15) is 11.9 Å². The number of alkyl halides is 6. The first-order valence-corrected chi connectivity index (χ1v) is 9.09. The Kier molecular flexibility index (Phi) is 7.10. The second kappa shape index (κ2) is 8.91. The molecule has 4 N–H and O–H groups in total. The second-order valence-electron chi connectivity index (χ2n) is 7.38. The van der Waals surface area contributed by atoms with E-state index < -0.39 is 36.6 Å². The SMILES string of the molecule is COC(C)(C)C(F)(F)F.NCc1nc2ccc(CN3CC(C(F)(F)F)NC3=O)cc2[nH]1. The molecule has 1 fully saturated rings. The van der Waals surface area contributed by atoms with Crippen molar-refractivity contribution in [3.05, 3.63) is 29.6 Å². The number of benzene rings is 1. The van der Waals surface area contributed by atoms with Crippen LogP contribution in [0, 0.1) is 0 Å². The van der Waals surface area contributed by atoms with Crippen molar-refractivity contribution >= 4 is 17.1 Å². The molecule has 0 bridgehead atoms. The molecule has 0 radical (unpaired) electrons. The molecule has 0 aliphatic carbocycles. The summed E-state index contributed by atoms with van der Waals surface area (Å²) in [6, 6.07) is 2.71. The third-order valence-corrected chi connectivity index (χ3v) is 4.74. The van der Waals surface area contributed by atoms with Crippen LogP contribution in [-0.4, -0.2) is 58.5 Å². The fourth-order valence-corrected chi connectivity index (χ4v) is 2.55. The van der Waals surface area contributed by atoms with E-state index in [-0.39, 0.29) is 13.1 Å². The molecular formula is C18H23F6N5O2. The second-order valence-corrected chi connectivity index (χ2v) is 7.38. The molecule has 0 spiro atoms. The Morgan fingerprint density at radius 3 is 2.32 bits per heavy atom. The monoisotopic (exact) mass is 455 g/mol. The number of aromatic nitrogens is 2. The number of carbonyl (C=O) groups excluding carboxylic acids is 1. The van der Waals surface area contributed by atoms with E-state index in [1.54, 1.807) is 18.2 Å². The number of halogens is 6. The largest absolute Gasteiger partial charge is 0.416 e. The minimum Gasteiger partial charge on any atom is -0.369 e. The van der Waals surface area contributed by atoms with Gasteiger partial charge in [-0.25, -0.2) is 9.78 Å². The average molecular weight is 455 g/mol. The lowest BCUT2D eigenvalue weighted by molar-refractivity contribution is -0.255. The van der Waals surface area contributed by atoms with Crippen molar-refractivity contribution < 1.29 is 35.9 Å². The van der Waals surface area contributed by atoms with Crippen molar-refractivity contribution in [3.63, 3.8) is 0 Å². The van der Waals surface area contributed by atoms with Crippen LogP contribution in [0.2, 0.25) is 0 Å². The number of imidazole rings is 1. The maximum Gasteiger partial charge on any atom is 0.416 e. The number of amides is 2. The van der Waals surface area contributed by atoms with Crippen LogP contribution in [0.15, 0.2) is 18.2 Å². The Hall–Kier alpha value is -2.54. The normalized spacial score (nSPS) is 17.5. The van der Waals surface area contributed by atoms with E-state index in [9.17, 15) is 31.1 Å². The smallest absolute Gasteiger partial charge is 0.369 e. The molecule has 31 heavy (non-hydrogen) atoms. The summed E-state index contributed by atoms with van der Waals surface area (Å²) in [6.45, 7) is 1.94. The summed E-state index contributed by atoms with van der Waals surface area (Å²) in [6.07, 6.45) is -8.71. The first-order valence-electron chi connectivity index (χ1n) is 9.09. The fourth-order valence-electron chi connectivity index (χ4n) is 2.55. The highest BCUT2D eigenvalue weighted by Crippen LogP contribution is 2.31. The van der Waals surface area contributed by atoms with Gasteiger partial charge in [0.2, 0.25) is 0 Å². The van der Waals surface area contributed by atoms with Gasteiger partial charge in [-0.15, -0.1) is 0 Å². The first kappa shape index (κ1) is 24.7. The number of urea groups is 1. The molecule has 1 atom stereocenters. The van der Waals surface area contributed by atoms with Crippen LogP contribution < -0.4 is 11.1 Å². The third kappa shape index (κ3) is 6.00. The van der Waals surface area contributed by atoms with Crippen LogP contribution in [0.5, 0.6) is 0 Å². The molecule has 1 aliphatic rings. The summed E-state index contributed by atoms with van der Waals surface area (Å²) < 4.78 is 77.2. The number of nitrogens with one attached hydrogen (secondary N) is 2. The topological polar surface area (TPSA) is 96.3 Å². The molecular weight excluding hydrogens is 432 g/mol. The first-order chi connectivity index (χ1) is 14.2.